The Morgan fingerprint density at radius 1 is 1.38 bits per heavy atom. The summed E-state index contributed by atoms with van der Waals surface area (Å²) in [6.07, 6.45) is 7.15. The van der Waals surface area contributed by atoms with E-state index < -0.39 is 0 Å². The number of rotatable bonds is 8. The monoisotopic (exact) mass is 294 g/mol. The Hall–Kier alpha value is -1.40. The van der Waals surface area contributed by atoms with Gasteiger partial charge in [0.25, 0.3) is 0 Å². The molecule has 21 heavy (non-hydrogen) atoms. The summed E-state index contributed by atoms with van der Waals surface area (Å²) >= 11 is 0. The average Bonchev–Trinajstić information content (AvgIpc) is 2.53. The quantitative estimate of drug-likeness (QED) is 0.733. The van der Waals surface area contributed by atoms with Crippen LogP contribution in [0, 0.1) is 0 Å². The molecular weight excluding hydrogens is 268 g/mol. The van der Waals surface area contributed by atoms with Crippen molar-refractivity contribution < 1.29 is 9.47 Å². The van der Waals surface area contributed by atoms with Gasteiger partial charge in [0.15, 0.2) is 5.82 Å². The largest absolute Gasteiger partial charge is 0.477 e. The molecule has 1 aromatic rings. The molecule has 118 valence electrons. The molecular formula is C15H26N4O2. The zero-order valence-electron chi connectivity index (χ0n) is 13.0. The zero-order valence-corrected chi connectivity index (χ0v) is 13.0. The standard InChI is InChI=1S/C15H26N4O2/c1-3-21-15-12-17-11-14(18-15)19-8-5-4-6-13(19)10-16-7-9-20-2/h11-13,16H,3-10H2,1-2H3. The van der Waals surface area contributed by atoms with Crippen LogP contribution in [-0.2, 0) is 4.74 Å². The maximum Gasteiger partial charge on any atom is 0.234 e. The smallest absolute Gasteiger partial charge is 0.234 e. The number of hydrogen-bond donors (Lipinski definition) is 1. The van der Waals surface area contributed by atoms with Gasteiger partial charge in [-0.1, -0.05) is 0 Å². The molecule has 1 unspecified atom stereocenters. The van der Waals surface area contributed by atoms with Gasteiger partial charge in [-0.05, 0) is 26.2 Å². The minimum Gasteiger partial charge on any atom is -0.477 e. The molecule has 0 saturated carbocycles. The third kappa shape index (κ3) is 4.82. The van der Waals surface area contributed by atoms with Gasteiger partial charge in [-0.3, -0.25) is 4.98 Å². The number of anilines is 1. The van der Waals surface area contributed by atoms with E-state index in [-0.39, 0.29) is 0 Å². The van der Waals surface area contributed by atoms with Crippen LogP contribution in [0.3, 0.4) is 0 Å². The molecule has 1 aliphatic heterocycles. The number of aromatic nitrogens is 2. The molecule has 0 spiro atoms. The summed E-state index contributed by atoms with van der Waals surface area (Å²) in [7, 11) is 1.73. The topological polar surface area (TPSA) is 59.5 Å². The molecule has 1 atom stereocenters. The van der Waals surface area contributed by atoms with E-state index in [9.17, 15) is 0 Å². The van der Waals surface area contributed by atoms with Crippen molar-refractivity contribution in [2.75, 3.05) is 44.9 Å². The minimum absolute atomic E-state index is 0.460. The highest BCUT2D eigenvalue weighted by Gasteiger charge is 2.23. The van der Waals surface area contributed by atoms with Crippen molar-refractivity contribution in [3.05, 3.63) is 12.4 Å². The van der Waals surface area contributed by atoms with Crippen LogP contribution in [0.2, 0.25) is 0 Å². The highest BCUT2D eigenvalue weighted by molar-refractivity contribution is 5.39. The van der Waals surface area contributed by atoms with Crippen LogP contribution in [0.5, 0.6) is 5.88 Å². The van der Waals surface area contributed by atoms with Crippen LogP contribution in [-0.4, -0.2) is 56.0 Å². The van der Waals surface area contributed by atoms with Crippen LogP contribution in [0.1, 0.15) is 26.2 Å². The lowest BCUT2D eigenvalue weighted by atomic mass is 10.0. The van der Waals surface area contributed by atoms with Gasteiger partial charge in [-0.25, -0.2) is 0 Å². The summed E-state index contributed by atoms with van der Waals surface area (Å²) in [5.41, 5.74) is 0. The molecule has 1 aromatic heterocycles. The summed E-state index contributed by atoms with van der Waals surface area (Å²) in [5.74, 6) is 1.52. The van der Waals surface area contributed by atoms with Crippen molar-refractivity contribution in [2.24, 2.45) is 0 Å². The first-order valence-electron chi connectivity index (χ1n) is 7.76. The number of hydrogen-bond acceptors (Lipinski definition) is 6. The fraction of sp³-hybridized carbons (Fsp3) is 0.733. The first-order chi connectivity index (χ1) is 10.3. The summed E-state index contributed by atoms with van der Waals surface area (Å²) in [4.78, 5) is 11.2. The molecule has 6 nitrogen and oxygen atoms in total. The van der Waals surface area contributed by atoms with Crippen LogP contribution in [0.25, 0.3) is 0 Å². The summed E-state index contributed by atoms with van der Waals surface area (Å²) in [6, 6.07) is 0.460. The Labute approximate surface area is 126 Å². The van der Waals surface area contributed by atoms with Gasteiger partial charge in [0, 0.05) is 32.8 Å². The molecule has 1 fully saturated rings. The molecule has 6 heteroatoms. The van der Waals surface area contributed by atoms with Crippen LogP contribution < -0.4 is 15.0 Å². The summed E-state index contributed by atoms with van der Waals surface area (Å²) in [6.45, 7) is 6.17. The van der Waals surface area contributed by atoms with Gasteiger partial charge in [0.1, 0.15) is 0 Å². The van der Waals surface area contributed by atoms with E-state index in [0.717, 1.165) is 32.1 Å². The molecule has 1 saturated heterocycles. The fourth-order valence-electron chi connectivity index (χ4n) is 2.65. The molecule has 0 aromatic carbocycles. The van der Waals surface area contributed by atoms with Gasteiger partial charge in [0.2, 0.25) is 5.88 Å². The summed E-state index contributed by atoms with van der Waals surface area (Å²) < 4.78 is 10.5. The second-order valence-corrected chi connectivity index (χ2v) is 5.19. The SMILES string of the molecule is CCOc1cncc(N2CCCCC2CNCCOC)n1. The number of piperidine rings is 1. The van der Waals surface area contributed by atoms with Crippen LogP contribution in [0.4, 0.5) is 5.82 Å². The van der Waals surface area contributed by atoms with E-state index in [1.807, 2.05) is 13.1 Å². The third-order valence-corrected chi connectivity index (χ3v) is 3.68. The Morgan fingerprint density at radius 3 is 3.10 bits per heavy atom. The molecule has 1 aliphatic rings. The predicted molar refractivity (Wildman–Crippen MR) is 82.9 cm³/mol. The van der Waals surface area contributed by atoms with Crippen molar-refractivity contribution in [3.8, 4) is 5.88 Å². The molecule has 1 N–H and O–H groups in total. The van der Waals surface area contributed by atoms with Crippen LogP contribution in [0.15, 0.2) is 12.4 Å². The lowest BCUT2D eigenvalue weighted by molar-refractivity contribution is 0.198. The maximum atomic E-state index is 5.45. The molecule has 0 amide bonds. The molecule has 2 rings (SSSR count). The lowest BCUT2D eigenvalue weighted by Gasteiger charge is -2.36. The maximum absolute atomic E-state index is 5.45. The number of nitrogens with zero attached hydrogens (tertiary/aromatic N) is 3. The number of nitrogens with one attached hydrogen (secondary N) is 1. The number of methoxy groups -OCH3 is 1. The van der Waals surface area contributed by atoms with Crippen molar-refractivity contribution in [1.82, 2.24) is 15.3 Å². The van der Waals surface area contributed by atoms with Crippen molar-refractivity contribution in [3.63, 3.8) is 0 Å². The summed E-state index contributed by atoms with van der Waals surface area (Å²) in [5, 5.41) is 3.45. The average molecular weight is 294 g/mol. The highest BCUT2D eigenvalue weighted by atomic mass is 16.5. The fourth-order valence-corrected chi connectivity index (χ4v) is 2.65. The number of ether oxygens (including phenoxy) is 2. The van der Waals surface area contributed by atoms with Gasteiger partial charge >= 0.3 is 0 Å². The second-order valence-electron chi connectivity index (χ2n) is 5.19. The van der Waals surface area contributed by atoms with Gasteiger partial charge in [-0.2, -0.15) is 4.98 Å². The first kappa shape index (κ1) is 16.0. The third-order valence-electron chi connectivity index (χ3n) is 3.68. The van der Waals surface area contributed by atoms with Crippen molar-refractivity contribution in [2.45, 2.75) is 32.2 Å². The Kier molecular flexibility index (Phi) is 6.69. The Bertz CT molecular complexity index is 416. The molecule has 2 heterocycles. The van der Waals surface area contributed by atoms with E-state index in [1.165, 1.54) is 19.3 Å². The Balaban J connectivity index is 1.98. The predicted octanol–water partition coefficient (Wildman–Crippen LogP) is 1.47. The van der Waals surface area contributed by atoms with E-state index in [1.54, 1.807) is 13.3 Å². The lowest BCUT2D eigenvalue weighted by Crippen LogP contribution is -2.46. The Morgan fingerprint density at radius 2 is 2.29 bits per heavy atom. The van der Waals surface area contributed by atoms with Crippen molar-refractivity contribution >= 4 is 5.82 Å². The van der Waals surface area contributed by atoms with Gasteiger partial charge in [-0.15, -0.1) is 0 Å². The van der Waals surface area contributed by atoms with Gasteiger partial charge < -0.3 is 19.7 Å². The highest BCUT2D eigenvalue weighted by Crippen LogP contribution is 2.23. The molecule has 0 aliphatic carbocycles. The van der Waals surface area contributed by atoms with E-state index in [4.69, 9.17) is 9.47 Å². The first-order valence-corrected chi connectivity index (χ1v) is 7.76. The van der Waals surface area contributed by atoms with Gasteiger partial charge in [0.05, 0.1) is 25.6 Å². The zero-order chi connectivity index (χ0) is 14.9. The second kappa shape index (κ2) is 8.79. The van der Waals surface area contributed by atoms with E-state index >= 15 is 0 Å². The van der Waals surface area contributed by atoms with E-state index in [0.29, 0.717) is 18.5 Å². The van der Waals surface area contributed by atoms with Crippen LogP contribution >= 0.6 is 0 Å². The van der Waals surface area contributed by atoms with E-state index in [2.05, 4.69) is 20.2 Å². The normalized spacial score (nSPS) is 18.8. The minimum atomic E-state index is 0.460. The molecule has 0 bridgehead atoms. The molecule has 0 radical (unpaired) electrons. The van der Waals surface area contributed by atoms with Crippen molar-refractivity contribution in [1.29, 1.82) is 0 Å².